The van der Waals surface area contributed by atoms with Crippen LogP contribution in [0.3, 0.4) is 0 Å². The minimum atomic E-state index is -0.302. The Kier molecular flexibility index (Phi) is 5.59. The normalized spacial score (nSPS) is 14.7. The van der Waals surface area contributed by atoms with E-state index in [1.165, 1.54) is 23.1 Å². The summed E-state index contributed by atoms with van der Waals surface area (Å²) in [6.07, 6.45) is 1.44. The molecule has 1 aliphatic heterocycles. The third-order valence-electron chi connectivity index (χ3n) is 5.93. The SMILES string of the molecule is Cc1ccc(-c2csc3ncc(C(=O)N4CCN(Cc5ccccc5)CC4)c(=O)n23)cc1. The number of nitrogens with zero attached hydrogens (tertiary/aromatic N) is 4. The van der Waals surface area contributed by atoms with Gasteiger partial charge in [0.25, 0.3) is 11.5 Å². The molecule has 2 aromatic carbocycles. The highest BCUT2D eigenvalue weighted by molar-refractivity contribution is 7.15. The van der Waals surface area contributed by atoms with E-state index in [1.54, 1.807) is 9.30 Å². The molecule has 0 aliphatic carbocycles. The zero-order valence-corrected chi connectivity index (χ0v) is 18.7. The van der Waals surface area contributed by atoms with E-state index in [9.17, 15) is 9.59 Å². The van der Waals surface area contributed by atoms with Crippen LogP contribution in [-0.4, -0.2) is 51.3 Å². The fraction of sp³-hybridized carbons (Fsp3) is 0.240. The Bertz CT molecular complexity index is 1300. The molecular formula is C25H24N4O2S. The molecule has 0 unspecified atom stereocenters. The lowest BCUT2D eigenvalue weighted by Crippen LogP contribution is -2.49. The van der Waals surface area contributed by atoms with Crippen molar-refractivity contribution < 1.29 is 4.79 Å². The smallest absolute Gasteiger partial charge is 0.271 e. The predicted octanol–water partition coefficient (Wildman–Crippen LogP) is 3.69. The predicted molar refractivity (Wildman–Crippen MR) is 127 cm³/mol. The minimum absolute atomic E-state index is 0.130. The molecule has 4 aromatic rings. The molecule has 0 atom stereocenters. The van der Waals surface area contributed by atoms with E-state index in [1.807, 2.05) is 54.8 Å². The zero-order valence-electron chi connectivity index (χ0n) is 17.9. The second-order valence-electron chi connectivity index (χ2n) is 8.14. The van der Waals surface area contributed by atoms with Crippen LogP contribution >= 0.6 is 11.3 Å². The van der Waals surface area contributed by atoms with Crippen molar-refractivity contribution in [3.63, 3.8) is 0 Å². The number of aryl methyl sites for hydroxylation is 1. The summed E-state index contributed by atoms with van der Waals surface area (Å²) in [6.45, 7) is 5.66. The number of benzene rings is 2. The van der Waals surface area contributed by atoms with Gasteiger partial charge in [-0.3, -0.25) is 18.9 Å². The summed E-state index contributed by atoms with van der Waals surface area (Å²) in [7, 11) is 0. The Morgan fingerprint density at radius 3 is 2.44 bits per heavy atom. The number of carbonyl (C=O) groups excluding carboxylic acids is 1. The van der Waals surface area contributed by atoms with E-state index in [0.717, 1.165) is 36.5 Å². The van der Waals surface area contributed by atoms with E-state index >= 15 is 0 Å². The van der Waals surface area contributed by atoms with Crippen molar-refractivity contribution in [1.29, 1.82) is 0 Å². The van der Waals surface area contributed by atoms with Gasteiger partial charge in [0.05, 0.1) is 5.69 Å². The summed E-state index contributed by atoms with van der Waals surface area (Å²) in [5.74, 6) is -0.239. The number of carbonyl (C=O) groups is 1. The Balaban J connectivity index is 1.36. The lowest BCUT2D eigenvalue weighted by Gasteiger charge is -2.34. The molecule has 32 heavy (non-hydrogen) atoms. The molecule has 0 N–H and O–H groups in total. The Hall–Kier alpha value is -3.29. The molecular weight excluding hydrogens is 420 g/mol. The Morgan fingerprint density at radius 1 is 1.00 bits per heavy atom. The lowest BCUT2D eigenvalue weighted by molar-refractivity contribution is 0.0626. The Labute approximate surface area is 190 Å². The first-order valence-electron chi connectivity index (χ1n) is 10.7. The van der Waals surface area contributed by atoms with Crippen LogP contribution in [0.25, 0.3) is 16.2 Å². The number of piperazine rings is 1. The van der Waals surface area contributed by atoms with E-state index in [-0.39, 0.29) is 17.0 Å². The molecule has 0 radical (unpaired) electrons. The molecule has 3 heterocycles. The maximum Gasteiger partial charge on any atom is 0.271 e. The topological polar surface area (TPSA) is 57.9 Å². The van der Waals surface area contributed by atoms with E-state index in [4.69, 9.17) is 0 Å². The number of hydrogen-bond acceptors (Lipinski definition) is 5. The summed E-state index contributed by atoms with van der Waals surface area (Å²) in [6, 6.07) is 18.3. The molecule has 7 heteroatoms. The highest BCUT2D eigenvalue weighted by Gasteiger charge is 2.25. The molecule has 6 nitrogen and oxygen atoms in total. The van der Waals surface area contributed by atoms with Crippen LogP contribution in [0.15, 0.2) is 71.0 Å². The Morgan fingerprint density at radius 2 is 1.72 bits per heavy atom. The number of rotatable bonds is 4. The van der Waals surface area contributed by atoms with Gasteiger partial charge in [-0.25, -0.2) is 4.98 Å². The van der Waals surface area contributed by atoms with Crippen LogP contribution in [-0.2, 0) is 6.54 Å². The quantitative estimate of drug-likeness (QED) is 0.482. The van der Waals surface area contributed by atoms with Crippen LogP contribution < -0.4 is 5.56 Å². The molecule has 2 aromatic heterocycles. The van der Waals surface area contributed by atoms with Gasteiger partial charge in [-0.05, 0) is 18.1 Å². The van der Waals surface area contributed by atoms with Crippen LogP contribution in [0.4, 0.5) is 0 Å². The maximum atomic E-state index is 13.3. The monoisotopic (exact) mass is 444 g/mol. The highest BCUT2D eigenvalue weighted by Crippen LogP contribution is 2.24. The molecule has 0 spiro atoms. The first-order chi connectivity index (χ1) is 15.6. The van der Waals surface area contributed by atoms with Gasteiger partial charge >= 0.3 is 0 Å². The largest absolute Gasteiger partial charge is 0.336 e. The maximum absolute atomic E-state index is 13.3. The van der Waals surface area contributed by atoms with Crippen molar-refractivity contribution in [3.8, 4) is 11.3 Å². The summed E-state index contributed by atoms with van der Waals surface area (Å²) in [5.41, 5.74) is 3.95. The molecule has 1 fully saturated rings. The van der Waals surface area contributed by atoms with E-state index in [0.29, 0.717) is 18.1 Å². The van der Waals surface area contributed by atoms with Crippen molar-refractivity contribution >= 4 is 22.2 Å². The average molecular weight is 445 g/mol. The third-order valence-corrected chi connectivity index (χ3v) is 6.77. The summed E-state index contributed by atoms with van der Waals surface area (Å²) >= 11 is 1.40. The lowest BCUT2D eigenvalue weighted by atomic mass is 10.1. The van der Waals surface area contributed by atoms with Crippen LogP contribution in [0, 0.1) is 6.92 Å². The van der Waals surface area contributed by atoms with Gasteiger partial charge in [0.15, 0.2) is 4.96 Å². The van der Waals surface area contributed by atoms with Crippen molar-refractivity contribution in [1.82, 2.24) is 19.2 Å². The molecule has 0 bridgehead atoms. The first-order valence-corrected chi connectivity index (χ1v) is 11.6. The molecule has 1 saturated heterocycles. The standard InChI is InChI=1S/C25H24N4O2S/c1-18-7-9-20(10-8-18)22-17-32-25-26-15-21(24(31)29(22)25)23(30)28-13-11-27(12-14-28)16-19-5-3-2-4-6-19/h2-10,15,17H,11-14,16H2,1H3. The number of thiazole rings is 1. The van der Waals surface area contributed by atoms with Crippen LogP contribution in [0.1, 0.15) is 21.5 Å². The van der Waals surface area contributed by atoms with E-state index < -0.39 is 0 Å². The third kappa shape index (κ3) is 3.97. The molecule has 1 amide bonds. The second kappa shape index (κ2) is 8.68. The molecule has 0 saturated carbocycles. The highest BCUT2D eigenvalue weighted by atomic mass is 32.1. The van der Waals surface area contributed by atoms with Gasteiger partial charge in [-0.1, -0.05) is 60.2 Å². The van der Waals surface area contributed by atoms with Crippen molar-refractivity contribution in [2.45, 2.75) is 13.5 Å². The van der Waals surface area contributed by atoms with Crippen molar-refractivity contribution in [3.05, 3.63) is 93.2 Å². The fourth-order valence-corrected chi connectivity index (χ4v) is 4.94. The summed E-state index contributed by atoms with van der Waals surface area (Å²) < 4.78 is 1.56. The summed E-state index contributed by atoms with van der Waals surface area (Å²) in [5, 5.41) is 1.92. The second-order valence-corrected chi connectivity index (χ2v) is 8.97. The molecule has 162 valence electrons. The van der Waals surface area contributed by atoms with Gasteiger partial charge in [-0.15, -0.1) is 11.3 Å². The molecule has 1 aliphatic rings. The van der Waals surface area contributed by atoms with Gasteiger partial charge < -0.3 is 4.90 Å². The summed E-state index contributed by atoms with van der Waals surface area (Å²) in [4.78, 5) is 35.6. The zero-order chi connectivity index (χ0) is 22.1. The van der Waals surface area contributed by atoms with Gasteiger partial charge in [0.1, 0.15) is 5.56 Å². The van der Waals surface area contributed by atoms with E-state index in [2.05, 4.69) is 22.0 Å². The van der Waals surface area contributed by atoms with Gasteiger partial charge in [0, 0.05) is 44.3 Å². The van der Waals surface area contributed by atoms with Gasteiger partial charge in [0.2, 0.25) is 0 Å². The first kappa shape index (κ1) is 20.6. The van der Waals surface area contributed by atoms with Gasteiger partial charge in [-0.2, -0.15) is 0 Å². The number of hydrogen-bond donors (Lipinski definition) is 0. The fourth-order valence-electron chi connectivity index (χ4n) is 4.09. The molecule has 5 rings (SSSR count). The van der Waals surface area contributed by atoms with Crippen molar-refractivity contribution in [2.24, 2.45) is 0 Å². The minimum Gasteiger partial charge on any atom is -0.336 e. The van der Waals surface area contributed by atoms with Crippen LogP contribution in [0.5, 0.6) is 0 Å². The van der Waals surface area contributed by atoms with Crippen LogP contribution in [0.2, 0.25) is 0 Å². The average Bonchev–Trinajstić information content (AvgIpc) is 3.26. The number of amides is 1. The number of aromatic nitrogens is 2. The number of fused-ring (bicyclic) bond motifs is 1. The van der Waals surface area contributed by atoms with Crippen molar-refractivity contribution in [2.75, 3.05) is 26.2 Å².